The molecule has 3 aromatic carbocycles. The minimum absolute atomic E-state index is 0.0111. The van der Waals surface area contributed by atoms with Gasteiger partial charge in [0.1, 0.15) is 6.04 Å². The van der Waals surface area contributed by atoms with E-state index in [4.69, 9.17) is 0 Å². The number of aryl methyl sites for hydroxylation is 2. The van der Waals surface area contributed by atoms with E-state index < -0.39 is 10.0 Å². The molecule has 1 aliphatic heterocycles. The van der Waals surface area contributed by atoms with Crippen LogP contribution in [-0.2, 0) is 10.0 Å². The van der Waals surface area contributed by atoms with Crippen molar-refractivity contribution in [3.8, 4) is 0 Å². The van der Waals surface area contributed by atoms with Crippen LogP contribution in [0.5, 0.6) is 0 Å². The van der Waals surface area contributed by atoms with Crippen LogP contribution in [0, 0.1) is 13.8 Å². The molecule has 0 spiro atoms. The number of nitrogens with zero attached hydrogens (tertiary/aromatic N) is 3. The van der Waals surface area contributed by atoms with Gasteiger partial charge in [0, 0.05) is 5.70 Å². The van der Waals surface area contributed by atoms with E-state index in [-0.39, 0.29) is 16.9 Å². The molecule has 2 heterocycles. The van der Waals surface area contributed by atoms with Crippen molar-refractivity contribution >= 4 is 27.6 Å². The maximum Gasteiger partial charge on any atom is 0.264 e. The van der Waals surface area contributed by atoms with Crippen LogP contribution in [0.2, 0.25) is 0 Å². The third-order valence-electron chi connectivity index (χ3n) is 5.53. The molecule has 1 aromatic heterocycles. The Kier molecular flexibility index (Phi) is 5.22. The monoisotopic (exact) mass is 457 g/mol. The molecule has 0 aliphatic carbocycles. The molecule has 0 saturated heterocycles. The summed E-state index contributed by atoms with van der Waals surface area (Å²) in [5.41, 5.74) is 5.25. The average Bonchev–Trinajstić information content (AvgIpc) is 3.22. The summed E-state index contributed by atoms with van der Waals surface area (Å²) in [5, 5.41) is 7.80. The number of fused-ring (bicyclic) bond motifs is 1. The second-order valence-electron chi connectivity index (χ2n) is 8.05. The van der Waals surface area contributed by atoms with Crippen LogP contribution in [0.1, 0.15) is 28.3 Å². The number of anilines is 2. The lowest BCUT2D eigenvalue weighted by Crippen LogP contribution is -2.20. The van der Waals surface area contributed by atoms with Gasteiger partial charge in [0.2, 0.25) is 5.95 Å². The summed E-state index contributed by atoms with van der Waals surface area (Å²) >= 11 is 0. The minimum Gasteiger partial charge on any atom is -0.324 e. The van der Waals surface area contributed by atoms with Crippen molar-refractivity contribution in [1.29, 1.82) is 0 Å². The van der Waals surface area contributed by atoms with Gasteiger partial charge in [0.15, 0.2) is 0 Å². The van der Waals surface area contributed by atoms with Gasteiger partial charge in [-0.15, -0.1) is 5.10 Å². The average molecular weight is 458 g/mol. The van der Waals surface area contributed by atoms with Crippen LogP contribution >= 0.6 is 0 Å². The maximum atomic E-state index is 12.8. The van der Waals surface area contributed by atoms with Gasteiger partial charge in [-0.25, -0.2) is 17.8 Å². The largest absolute Gasteiger partial charge is 0.324 e. The summed E-state index contributed by atoms with van der Waals surface area (Å²) in [5.74, 6) is 0.474. The van der Waals surface area contributed by atoms with E-state index in [1.54, 1.807) is 22.9 Å². The van der Waals surface area contributed by atoms with E-state index in [9.17, 15) is 8.42 Å². The molecule has 8 heteroatoms. The second kappa shape index (κ2) is 8.22. The molecule has 0 unspecified atom stereocenters. The van der Waals surface area contributed by atoms with E-state index in [2.05, 4.69) is 38.3 Å². The highest BCUT2D eigenvalue weighted by Gasteiger charge is 2.27. The van der Waals surface area contributed by atoms with Crippen LogP contribution in [0.15, 0.2) is 89.8 Å². The van der Waals surface area contributed by atoms with Crippen LogP contribution in [0.3, 0.4) is 0 Å². The zero-order valence-electron chi connectivity index (χ0n) is 18.2. The summed E-state index contributed by atoms with van der Waals surface area (Å²) in [6.07, 6.45) is 2.08. The molecule has 7 nitrogen and oxygen atoms in total. The van der Waals surface area contributed by atoms with Gasteiger partial charge in [-0.05, 0) is 43.2 Å². The Hall–Kier alpha value is -3.91. The first kappa shape index (κ1) is 21.0. The first-order chi connectivity index (χ1) is 15.9. The summed E-state index contributed by atoms with van der Waals surface area (Å²) in [4.78, 5) is 4.61. The van der Waals surface area contributed by atoms with Gasteiger partial charge in [0.25, 0.3) is 16.0 Å². The topological polar surface area (TPSA) is 88.9 Å². The Morgan fingerprint density at radius 1 is 0.879 bits per heavy atom. The van der Waals surface area contributed by atoms with E-state index in [1.807, 2.05) is 50.2 Å². The molecule has 0 radical (unpaired) electrons. The Bertz CT molecular complexity index is 1420. The number of rotatable bonds is 5. The third kappa shape index (κ3) is 4.25. The summed E-state index contributed by atoms with van der Waals surface area (Å²) in [6, 6.07) is 24.3. The Morgan fingerprint density at radius 3 is 2.18 bits per heavy atom. The fourth-order valence-corrected chi connectivity index (χ4v) is 4.68. The van der Waals surface area contributed by atoms with Crippen LogP contribution in [0.25, 0.3) is 5.70 Å². The molecule has 0 fully saturated rings. The molecule has 5 rings (SSSR count). The lowest BCUT2D eigenvalue weighted by molar-refractivity contribution is 0.598. The molecule has 166 valence electrons. The third-order valence-corrected chi connectivity index (χ3v) is 6.87. The number of aromatic nitrogens is 3. The van der Waals surface area contributed by atoms with E-state index in [0.29, 0.717) is 5.95 Å². The lowest BCUT2D eigenvalue weighted by atomic mass is 10.0. The predicted molar refractivity (Wildman–Crippen MR) is 129 cm³/mol. The minimum atomic E-state index is -3.80. The highest BCUT2D eigenvalue weighted by atomic mass is 32.2. The first-order valence-corrected chi connectivity index (χ1v) is 12.0. The number of hydrogen-bond acceptors (Lipinski definition) is 5. The van der Waals surface area contributed by atoms with Gasteiger partial charge in [-0.1, -0.05) is 77.9 Å². The molecule has 33 heavy (non-hydrogen) atoms. The fraction of sp³-hybridized carbons (Fsp3) is 0.120. The number of hydrogen-bond donors (Lipinski definition) is 2. The van der Waals surface area contributed by atoms with E-state index in [0.717, 1.165) is 22.4 Å². The van der Waals surface area contributed by atoms with Gasteiger partial charge in [-0.2, -0.15) is 4.98 Å². The molecular formula is C25H23N5O2S. The van der Waals surface area contributed by atoms with Crippen molar-refractivity contribution < 1.29 is 8.42 Å². The molecule has 0 saturated carbocycles. The second-order valence-corrected chi connectivity index (χ2v) is 9.73. The SMILES string of the molecule is Cc1ccc(C2=C[C@H](c3ccc(C)cc3)n3nc(NS(=O)(=O)c4ccccc4)nc3N2)cc1. The maximum absolute atomic E-state index is 12.8. The van der Waals surface area contributed by atoms with Crippen molar-refractivity contribution in [2.75, 3.05) is 10.0 Å². The molecule has 1 aliphatic rings. The van der Waals surface area contributed by atoms with Crippen LogP contribution in [-0.4, -0.2) is 23.2 Å². The zero-order chi connectivity index (χ0) is 23.0. The Morgan fingerprint density at radius 2 is 1.52 bits per heavy atom. The first-order valence-electron chi connectivity index (χ1n) is 10.6. The summed E-state index contributed by atoms with van der Waals surface area (Å²) in [6.45, 7) is 4.08. The van der Waals surface area contributed by atoms with Crippen LogP contribution in [0.4, 0.5) is 11.9 Å². The smallest absolute Gasteiger partial charge is 0.264 e. The van der Waals surface area contributed by atoms with Gasteiger partial charge in [-0.3, -0.25) is 0 Å². The van der Waals surface area contributed by atoms with Crippen molar-refractivity contribution in [2.24, 2.45) is 0 Å². The zero-order valence-corrected chi connectivity index (χ0v) is 19.0. The number of nitrogens with one attached hydrogen (secondary N) is 2. The van der Waals surface area contributed by atoms with E-state index >= 15 is 0 Å². The fourth-order valence-electron chi connectivity index (χ4n) is 3.72. The van der Waals surface area contributed by atoms with Crippen molar-refractivity contribution in [2.45, 2.75) is 24.8 Å². The molecule has 0 bridgehead atoms. The van der Waals surface area contributed by atoms with Gasteiger partial charge >= 0.3 is 0 Å². The van der Waals surface area contributed by atoms with Gasteiger partial charge in [0.05, 0.1) is 4.90 Å². The van der Waals surface area contributed by atoms with E-state index in [1.165, 1.54) is 17.7 Å². The number of sulfonamides is 1. The predicted octanol–water partition coefficient (Wildman–Crippen LogP) is 4.75. The van der Waals surface area contributed by atoms with Crippen molar-refractivity contribution in [3.63, 3.8) is 0 Å². The Labute approximate surface area is 192 Å². The molecule has 4 aromatic rings. The van der Waals surface area contributed by atoms with Gasteiger partial charge < -0.3 is 5.32 Å². The standard InChI is InChI=1S/C25H23N5O2S/c1-17-8-12-19(13-9-17)22-16-23(20-14-10-18(2)11-15-20)30-25(26-22)27-24(28-30)29-33(31,32)21-6-4-3-5-7-21/h3-16,23H,1-2H3,(H2,26,27,28,29)/t23-/m1/s1. The lowest BCUT2D eigenvalue weighted by Gasteiger charge is -2.24. The summed E-state index contributed by atoms with van der Waals surface area (Å²) < 4.78 is 29.8. The van der Waals surface area contributed by atoms with Crippen LogP contribution < -0.4 is 10.0 Å². The quantitative estimate of drug-likeness (QED) is 0.451. The molecule has 2 N–H and O–H groups in total. The molecular weight excluding hydrogens is 434 g/mol. The highest BCUT2D eigenvalue weighted by molar-refractivity contribution is 7.92. The highest BCUT2D eigenvalue weighted by Crippen LogP contribution is 2.33. The Balaban J connectivity index is 1.54. The summed E-state index contributed by atoms with van der Waals surface area (Å²) in [7, 11) is -3.80. The molecule has 0 amide bonds. The normalized spacial score (nSPS) is 15.3. The van der Waals surface area contributed by atoms with Crippen molar-refractivity contribution in [1.82, 2.24) is 14.8 Å². The van der Waals surface area contributed by atoms with Crippen molar-refractivity contribution in [3.05, 3.63) is 107 Å². The number of benzene rings is 3. The molecule has 1 atom stereocenters. The number of allylic oxidation sites excluding steroid dienone is 1.